The number of unbranched alkanes of at least 4 members (excludes halogenated alkanes) is 2. The third-order valence-corrected chi connectivity index (χ3v) is 4.11. The normalized spacial score (nSPS) is 18.3. The molecule has 0 bridgehead atoms. The van der Waals surface area contributed by atoms with Gasteiger partial charge in [0.25, 0.3) is 0 Å². The van der Waals surface area contributed by atoms with E-state index in [-0.39, 0.29) is 6.10 Å². The Kier molecular flexibility index (Phi) is 10.0. The van der Waals surface area contributed by atoms with Gasteiger partial charge >= 0.3 is 0 Å². The van der Waals surface area contributed by atoms with Gasteiger partial charge in [0, 0.05) is 6.54 Å². The van der Waals surface area contributed by atoms with Crippen LogP contribution in [0, 0.1) is 0 Å². The first kappa shape index (κ1) is 16.3. The quantitative estimate of drug-likeness (QED) is 0.568. The summed E-state index contributed by atoms with van der Waals surface area (Å²) >= 11 is 1.91. The summed E-state index contributed by atoms with van der Waals surface area (Å²) in [5, 5.41) is 13.1. The molecule has 1 unspecified atom stereocenters. The molecule has 0 aromatic heterocycles. The molecule has 4 heteroatoms. The number of nitrogens with one attached hydrogen (secondary N) is 1. The molecule has 1 aliphatic rings. The highest BCUT2D eigenvalue weighted by Gasteiger charge is 2.16. The van der Waals surface area contributed by atoms with Crippen molar-refractivity contribution in [1.29, 1.82) is 0 Å². The lowest BCUT2D eigenvalue weighted by Gasteiger charge is -2.16. The van der Waals surface area contributed by atoms with E-state index in [1.165, 1.54) is 50.7 Å². The van der Waals surface area contributed by atoms with Gasteiger partial charge in [-0.3, -0.25) is 0 Å². The van der Waals surface area contributed by atoms with Crippen molar-refractivity contribution in [2.45, 2.75) is 57.2 Å². The molecule has 0 radical (unpaired) electrons. The zero-order chi connectivity index (χ0) is 13.1. The molecule has 0 saturated heterocycles. The maximum Gasteiger partial charge on any atom is 0.0897 e. The first-order valence-electron chi connectivity index (χ1n) is 7.32. The average Bonchev–Trinajstić information content (AvgIpc) is 2.88. The lowest BCUT2D eigenvalue weighted by atomic mass is 10.2. The van der Waals surface area contributed by atoms with Gasteiger partial charge in [0.15, 0.2) is 0 Å². The largest absolute Gasteiger partial charge is 0.389 e. The monoisotopic (exact) mass is 275 g/mol. The summed E-state index contributed by atoms with van der Waals surface area (Å²) in [6.45, 7) is 2.16. The molecule has 18 heavy (non-hydrogen) atoms. The molecule has 0 heterocycles. The van der Waals surface area contributed by atoms with Gasteiger partial charge in [-0.05, 0) is 44.2 Å². The van der Waals surface area contributed by atoms with Crippen LogP contribution in [0.4, 0.5) is 0 Å². The van der Waals surface area contributed by atoms with Gasteiger partial charge in [-0.2, -0.15) is 11.8 Å². The minimum Gasteiger partial charge on any atom is -0.389 e. The summed E-state index contributed by atoms with van der Waals surface area (Å²) in [6, 6.07) is 0. The molecule has 1 rings (SSSR count). The van der Waals surface area contributed by atoms with Gasteiger partial charge in [-0.25, -0.2) is 0 Å². The third-order valence-electron chi connectivity index (χ3n) is 3.41. The Balaban J connectivity index is 1.82. The highest BCUT2D eigenvalue weighted by Crippen LogP contribution is 2.20. The van der Waals surface area contributed by atoms with Crippen molar-refractivity contribution >= 4 is 11.8 Å². The van der Waals surface area contributed by atoms with Crippen molar-refractivity contribution in [2.75, 3.05) is 31.7 Å². The maximum atomic E-state index is 9.76. The number of hydrogen-bond donors (Lipinski definition) is 2. The van der Waals surface area contributed by atoms with Crippen LogP contribution in [-0.4, -0.2) is 49.0 Å². The van der Waals surface area contributed by atoms with E-state index < -0.39 is 0 Å². The van der Waals surface area contributed by atoms with E-state index in [1.54, 1.807) is 0 Å². The fourth-order valence-electron chi connectivity index (χ4n) is 2.30. The Labute approximate surface area is 116 Å². The first-order chi connectivity index (χ1) is 8.83. The van der Waals surface area contributed by atoms with Crippen LogP contribution >= 0.6 is 11.8 Å². The van der Waals surface area contributed by atoms with Crippen LogP contribution in [0.3, 0.4) is 0 Å². The molecule has 0 aromatic carbocycles. The smallest absolute Gasteiger partial charge is 0.0897 e. The topological polar surface area (TPSA) is 41.5 Å². The van der Waals surface area contributed by atoms with E-state index in [1.807, 2.05) is 11.8 Å². The molecule has 1 fully saturated rings. The van der Waals surface area contributed by atoms with Crippen molar-refractivity contribution in [3.8, 4) is 0 Å². The molecular weight excluding hydrogens is 246 g/mol. The molecule has 108 valence electrons. The van der Waals surface area contributed by atoms with Gasteiger partial charge < -0.3 is 15.2 Å². The summed E-state index contributed by atoms with van der Waals surface area (Å²) < 4.78 is 5.68. The van der Waals surface area contributed by atoms with E-state index >= 15 is 0 Å². The molecule has 1 aliphatic carbocycles. The molecule has 1 atom stereocenters. The Morgan fingerprint density at radius 2 is 2.06 bits per heavy atom. The summed E-state index contributed by atoms with van der Waals surface area (Å²) in [5.74, 6) is 1.26. The Morgan fingerprint density at radius 3 is 2.78 bits per heavy atom. The van der Waals surface area contributed by atoms with Crippen LogP contribution in [0.15, 0.2) is 0 Å². The Hall–Kier alpha value is 0.230. The second-order valence-corrected chi connectivity index (χ2v) is 6.14. The van der Waals surface area contributed by atoms with Crippen LogP contribution in [0.2, 0.25) is 0 Å². The van der Waals surface area contributed by atoms with Crippen molar-refractivity contribution in [3.63, 3.8) is 0 Å². The number of rotatable bonds is 11. The molecule has 0 aromatic rings. The van der Waals surface area contributed by atoms with E-state index in [0.29, 0.717) is 19.3 Å². The van der Waals surface area contributed by atoms with Crippen LogP contribution in [0.25, 0.3) is 0 Å². The fraction of sp³-hybridized carbons (Fsp3) is 1.00. The zero-order valence-corrected chi connectivity index (χ0v) is 12.5. The molecule has 1 saturated carbocycles. The van der Waals surface area contributed by atoms with E-state index in [0.717, 1.165) is 6.54 Å². The van der Waals surface area contributed by atoms with E-state index in [2.05, 4.69) is 11.6 Å². The van der Waals surface area contributed by atoms with Gasteiger partial charge in [0.1, 0.15) is 0 Å². The summed E-state index contributed by atoms with van der Waals surface area (Å²) in [5.41, 5.74) is 0. The molecule has 0 amide bonds. The number of hydrogen-bond acceptors (Lipinski definition) is 4. The third kappa shape index (κ3) is 8.35. The predicted octanol–water partition coefficient (Wildman–Crippen LogP) is 2.43. The fourth-order valence-corrected chi connectivity index (χ4v) is 2.80. The zero-order valence-electron chi connectivity index (χ0n) is 11.7. The van der Waals surface area contributed by atoms with Gasteiger partial charge in [0.05, 0.1) is 18.8 Å². The molecule has 2 N–H and O–H groups in total. The molecule has 0 spiro atoms. The predicted molar refractivity (Wildman–Crippen MR) is 79.3 cm³/mol. The van der Waals surface area contributed by atoms with Crippen LogP contribution < -0.4 is 5.32 Å². The average molecular weight is 275 g/mol. The summed E-state index contributed by atoms with van der Waals surface area (Å²) in [4.78, 5) is 0. The summed E-state index contributed by atoms with van der Waals surface area (Å²) in [6.07, 6.45) is 10.9. The number of thioether (sulfide) groups is 1. The van der Waals surface area contributed by atoms with Crippen molar-refractivity contribution in [1.82, 2.24) is 5.32 Å². The highest BCUT2D eigenvalue weighted by molar-refractivity contribution is 7.98. The lowest BCUT2D eigenvalue weighted by Crippen LogP contribution is -2.32. The molecule has 0 aliphatic heterocycles. The standard InChI is InChI=1S/C14H29NO2S/c1-18-10-6-2-5-9-15-11-13(16)12-17-14-7-3-4-8-14/h13-16H,2-12H2,1H3. The molecule has 3 nitrogen and oxygen atoms in total. The van der Waals surface area contributed by atoms with E-state index in [9.17, 15) is 5.11 Å². The lowest BCUT2D eigenvalue weighted by molar-refractivity contribution is -0.00535. The number of aliphatic hydroxyl groups excluding tert-OH is 1. The summed E-state index contributed by atoms with van der Waals surface area (Å²) in [7, 11) is 0. The Bertz CT molecular complexity index is 187. The van der Waals surface area contributed by atoms with Crippen LogP contribution in [0.5, 0.6) is 0 Å². The van der Waals surface area contributed by atoms with Crippen LogP contribution in [0.1, 0.15) is 44.9 Å². The first-order valence-corrected chi connectivity index (χ1v) is 8.71. The number of ether oxygens (including phenoxy) is 1. The van der Waals surface area contributed by atoms with Gasteiger partial charge in [-0.1, -0.05) is 19.3 Å². The minimum absolute atomic E-state index is 0.350. The molecular formula is C14H29NO2S. The van der Waals surface area contributed by atoms with Gasteiger partial charge in [-0.15, -0.1) is 0 Å². The SMILES string of the molecule is CSCCCCCNCC(O)COC1CCCC1. The second kappa shape index (κ2) is 11.1. The van der Waals surface area contributed by atoms with Crippen molar-refractivity contribution < 1.29 is 9.84 Å². The van der Waals surface area contributed by atoms with E-state index in [4.69, 9.17) is 4.74 Å². The minimum atomic E-state index is -0.350. The maximum absolute atomic E-state index is 9.76. The van der Waals surface area contributed by atoms with Crippen LogP contribution in [-0.2, 0) is 4.74 Å². The highest BCUT2D eigenvalue weighted by atomic mass is 32.2. The van der Waals surface area contributed by atoms with Gasteiger partial charge in [0.2, 0.25) is 0 Å². The Morgan fingerprint density at radius 1 is 1.28 bits per heavy atom. The second-order valence-electron chi connectivity index (χ2n) is 5.15. The van der Waals surface area contributed by atoms with Crippen molar-refractivity contribution in [2.24, 2.45) is 0 Å². The number of aliphatic hydroxyl groups is 1. The van der Waals surface area contributed by atoms with Crippen molar-refractivity contribution in [3.05, 3.63) is 0 Å².